The van der Waals surface area contributed by atoms with Crippen LogP contribution in [0.25, 0.3) is 0 Å². The number of carbonyl (C=O) groups is 2. The maximum absolute atomic E-state index is 11.2. The standard InChI is InChI=1S/C18H14N2O4/c1-3-17(21)23-15-9-5-7-13(11-15)19-20-14-8-6-10-16(12-14)24-18(22)4-2/h3-12H,1-2H2. The van der Waals surface area contributed by atoms with Gasteiger partial charge in [-0.05, 0) is 24.3 Å². The van der Waals surface area contributed by atoms with E-state index in [1.165, 1.54) is 0 Å². The maximum Gasteiger partial charge on any atom is 0.335 e. The molecule has 0 spiro atoms. The van der Waals surface area contributed by atoms with Gasteiger partial charge in [0.1, 0.15) is 11.5 Å². The normalized spacial score (nSPS) is 10.2. The van der Waals surface area contributed by atoms with Gasteiger partial charge in [-0.2, -0.15) is 10.2 Å². The summed E-state index contributed by atoms with van der Waals surface area (Å²) in [5, 5.41) is 8.12. The van der Waals surface area contributed by atoms with Gasteiger partial charge in [-0.3, -0.25) is 0 Å². The van der Waals surface area contributed by atoms with Crippen LogP contribution in [0.2, 0.25) is 0 Å². The van der Waals surface area contributed by atoms with Crippen LogP contribution in [-0.2, 0) is 9.59 Å². The molecule has 120 valence electrons. The van der Waals surface area contributed by atoms with Crippen LogP contribution in [0.15, 0.2) is 84.1 Å². The Balaban J connectivity index is 2.13. The fourth-order valence-corrected chi connectivity index (χ4v) is 1.65. The Morgan fingerprint density at radius 2 is 1.21 bits per heavy atom. The number of rotatable bonds is 6. The number of hydrogen-bond donors (Lipinski definition) is 0. The highest BCUT2D eigenvalue weighted by Gasteiger charge is 2.02. The summed E-state index contributed by atoms with van der Waals surface area (Å²) in [5.41, 5.74) is 0.996. The van der Waals surface area contributed by atoms with Crippen molar-refractivity contribution in [3.05, 3.63) is 73.8 Å². The monoisotopic (exact) mass is 322 g/mol. The van der Waals surface area contributed by atoms with Crippen LogP contribution in [0.4, 0.5) is 11.4 Å². The predicted molar refractivity (Wildman–Crippen MR) is 88.7 cm³/mol. The van der Waals surface area contributed by atoms with Crippen molar-refractivity contribution in [2.24, 2.45) is 10.2 Å². The number of hydrogen-bond acceptors (Lipinski definition) is 6. The van der Waals surface area contributed by atoms with E-state index in [1.54, 1.807) is 48.5 Å². The van der Waals surface area contributed by atoms with E-state index < -0.39 is 11.9 Å². The molecular formula is C18H14N2O4. The first-order chi connectivity index (χ1) is 11.6. The number of benzene rings is 2. The largest absolute Gasteiger partial charge is 0.423 e. The molecule has 2 rings (SSSR count). The molecule has 0 saturated heterocycles. The maximum atomic E-state index is 11.2. The summed E-state index contributed by atoms with van der Waals surface area (Å²) in [6.45, 7) is 6.66. The molecule has 0 amide bonds. The van der Waals surface area contributed by atoms with Crippen LogP contribution >= 0.6 is 0 Å². The molecule has 0 heterocycles. The van der Waals surface area contributed by atoms with Crippen molar-refractivity contribution < 1.29 is 19.1 Å². The number of carbonyl (C=O) groups excluding carboxylic acids is 2. The third-order valence-corrected chi connectivity index (χ3v) is 2.69. The molecule has 0 saturated carbocycles. The molecular weight excluding hydrogens is 308 g/mol. The van der Waals surface area contributed by atoms with Gasteiger partial charge in [-0.25, -0.2) is 9.59 Å². The van der Waals surface area contributed by atoms with E-state index in [2.05, 4.69) is 23.4 Å². The van der Waals surface area contributed by atoms with Crippen LogP contribution in [-0.4, -0.2) is 11.9 Å². The molecule has 6 heteroatoms. The van der Waals surface area contributed by atoms with Gasteiger partial charge in [0, 0.05) is 24.3 Å². The molecule has 0 aliphatic heterocycles. The first kappa shape index (κ1) is 16.8. The van der Waals surface area contributed by atoms with Crippen molar-refractivity contribution in [3.8, 4) is 11.5 Å². The van der Waals surface area contributed by atoms with Crippen LogP contribution < -0.4 is 9.47 Å². The van der Waals surface area contributed by atoms with Gasteiger partial charge in [0.15, 0.2) is 0 Å². The van der Waals surface area contributed by atoms with Crippen molar-refractivity contribution in [1.29, 1.82) is 0 Å². The molecule has 2 aromatic rings. The number of ether oxygens (including phenoxy) is 2. The molecule has 0 aliphatic rings. The zero-order valence-electron chi connectivity index (χ0n) is 12.7. The highest BCUT2D eigenvalue weighted by Crippen LogP contribution is 2.25. The summed E-state index contributed by atoms with van der Waals surface area (Å²) >= 11 is 0. The summed E-state index contributed by atoms with van der Waals surface area (Å²) < 4.78 is 10.0. The minimum absolute atomic E-state index is 0.338. The Kier molecular flexibility index (Phi) is 5.74. The first-order valence-corrected chi connectivity index (χ1v) is 6.91. The zero-order chi connectivity index (χ0) is 17.4. The second-order valence-electron chi connectivity index (χ2n) is 4.45. The Hall–Kier alpha value is -3.54. The highest BCUT2D eigenvalue weighted by atomic mass is 16.5. The van der Waals surface area contributed by atoms with E-state index in [1.807, 2.05) is 0 Å². The van der Waals surface area contributed by atoms with E-state index >= 15 is 0 Å². The van der Waals surface area contributed by atoms with Gasteiger partial charge < -0.3 is 9.47 Å². The average Bonchev–Trinajstić information content (AvgIpc) is 2.60. The van der Waals surface area contributed by atoms with E-state index in [0.717, 1.165) is 12.2 Å². The van der Waals surface area contributed by atoms with Gasteiger partial charge in [0.2, 0.25) is 0 Å². The molecule has 0 bridgehead atoms. The van der Waals surface area contributed by atoms with Crippen molar-refractivity contribution in [2.45, 2.75) is 0 Å². The van der Waals surface area contributed by atoms with Crippen molar-refractivity contribution in [2.75, 3.05) is 0 Å². The lowest BCUT2D eigenvalue weighted by molar-refractivity contribution is -0.129. The lowest BCUT2D eigenvalue weighted by Gasteiger charge is -2.02. The fourth-order valence-electron chi connectivity index (χ4n) is 1.65. The summed E-state index contributed by atoms with van der Waals surface area (Å²) in [5.74, 6) is -0.434. The SMILES string of the molecule is C=CC(=O)Oc1cccc(N=Nc2cccc(OC(=O)C=C)c2)c1. The molecule has 0 radical (unpaired) electrons. The van der Waals surface area contributed by atoms with Crippen molar-refractivity contribution in [1.82, 2.24) is 0 Å². The van der Waals surface area contributed by atoms with Crippen LogP contribution in [0.1, 0.15) is 0 Å². The fraction of sp³-hybridized carbons (Fsp3) is 0. The van der Waals surface area contributed by atoms with Crippen molar-refractivity contribution in [3.63, 3.8) is 0 Å². The highest BCUT2D eigenvalue weighted by molar-refractivity contribution is 5.83. The Morgan fingerprint density at radius 3 is 1.58 bits per heavy atom. The first-order valence-electron chi connectivity index (χ1n) is 6.91. The lowest BCUT2D eigenvalue weighted by atomic mass is 10.3. The van der Waals surface area contributed by atoms with Crippen LogP contribution in [0.5, 0.6) is 11.5 Å². The third-order valence-electron chi connectivity index (χ3n) is 2.69. The van der Waals surface area contributed by atoms with E-state index in [-0.39, 0.29) is 0 Å². The number of nitrogens with zero attached hydrogens (tertiary/aromatic N) is 2. The number of esters is 2. The Labute approximate surface area is 138 Å². The van der Waals surface area contributed by atoms with E-state index in [0.29, 0.717) is 22.9 Å². The molecule has 0 aromatic heterocycles. The summed E-state index contributed by atoms with van der Waals surface area (Å²) in [4.78, 5) is 22.4. The molecule has 6 nitrogen and oxygen atoms in total. The molecule has 0 aliphatic carbocycles. The van der Waals surface area contributed by atoms with Gasteiger partial charge in [0.25, 0.3) is 0 Å². The average molecular weight is 322 g/mol. The summed E-state index contributed by atoms with van der Waals surface area (Å²) in [6.07, 6.45) is 2.15. The third kappa shape index (κ3) is 5.03. The molecule has 0 atom stereocenters. The molecule has 0 N–H and O–H groups in total. The number of azo groups is 1. The van der Waals surface area contributed by atoms with Gasteiger partial charge in [0.05, 0.1) is 11.4 Å². The smallest absolute Gasteiger partial charge is 0.335 e. The minimum Gasteiger partial charge on any atom is -0.423 e. The molecule has 2 aromatic carbocycles. The summed E-state index contributed by atoms with van der Waals surface area (Å²) in [7, 11) is 0. The molecule has 0 fully saturated rings. The van der Waals surface area contributed by atoms with Crippen molar-refractivity contribution >= 4 is 23.3 Å². The summed E-state index contributed by atoms with van der Waals surface area (Å²) in [6, 6.07) is 13.1. The minimum atomic E-state index is -0.555. The van der Waals surface area contributed by atoms with Gasteiger partial charge >= 0.3 is 11.9 Å². The van der Waals surface area contributed by atoms with Gasteiger partial charge in [-0.15, -0.1) is 0 Å². The lowest BCUT2D eigenvalue weighted by Crippen LogP contribution is -2.02. The predicted octanol–water partition coefficient (Wildman–Crippen LogP) is 4.28. The topological polar surface area (TPSA) is 77.3 Å². The van der Waals surface area contributed by atoms with Crippen LogP contribution in [0, 0.1) is 0 Å². The van der Waals surface area contributed by atoms with Crippen LogP contribution in [0.3, 0.4) is 0 Å². The van der Waals surface area contributed by atoms with E-state index in [9.17, 15) is 9.59 Å². The zero-order valence-corrected chi connectivity index (χ0v) is 12.7. The second kappa shape index (κ2) is 8.19. The van der Waals surface area contributed by atoms with E-state index in [4.69, 9.17) is 9.47 Å². The molecule has 24 heavy (non-hydrogen) atoms. The van der Waals surface area contributed by atoms with Gasteiger partial charge in [-0.1, -0.05) is 25.3 Å². The Bertz CT molecular complexity index is 745. The molecule has 0 unspecified atom stereocenters. The second-order valence-corrected chi connectivity index (χ2v) is 4.45. The Morgan fingerprint density at radius 1 is 0.792 bits per heavy atom. The quantitative estimate of drug-likeness (QED) is 0.344.